The Hall–Kier alpha value is -1.81. The van der Waals surface area contributed by atoms with Gasteiger partial charge in [0.25, 0.3) is 0 Å². The molecule has 0 spiro atoms. The Balaban J connectivity index is 2.87. The molecule has 3 N–H and O–H groups in total. The van der Waals surface area contributed by atoms with Crippen molar-refractivity contribution in [2.45, 2.75) is 53.0 Å². The summed E-state index contributed by atoms with van der Waals surface area (Å²) in [7, 11) is 0. The Morgan fingerprint density at radius 3 is 2.55 bits per heavy atom. The number of hydrogen-bond acceptors (Lipinski definition) is 2. The zero-order valence-electron chi connectivity index (χ0n) is 13.9. The molecule has 0 aliphatic heterocycles. The smallest absolute Gasteiger partial charge is 0.337 e. The first-order valence-corrected chi connectivity index (χ1v) is 8.01. The first kappa shape index (κ1) is 16.6. The quantitative estimate of drug-likeness (QED) is 0.855. The van der Waals surface area contributed by atoms with E-state index >= 15 is 0 Å². The molecule has 1 heterocycles. The predicted octanol–water partition coefficient (Wildman–Crippen LogP) is 3.68. The SMILES string of the molecule is CCc1cc(C(=O)O)c2c(c1)c(C(C)C)c(C)n2CCCN. The van der Waals surface area contributed by atoms with Crippen LogP contribution in [0.4, 0.5) is 0 Å². The molecule has 4 nitrogen and oxygen atoms in total. The molecule has 22 heavy (non-hydrogen) atoms. The number of benzene rings is 1. The second-order valence-electron chi connectivity index (χ2n) is 6.15. The Labute approximate surface area is 131 Å². The van der Waals surface area contributed by atoms with Gasteiger partial charge in [0, 0.05) is 17.6 Å². The highest BCUT2D eigenvalue weighted by atomic mass is 16.4. The van der Waals surface area contributed by atoms with E-state index in [2.05, 4.69) is 38.3 Å². The molecule has 120 valence electrons. The van der Waals surface area contributed by atoms with Crippen LogP contribution in [0.2, 0.25) is 0 Å². The maximum atomic E-state index is 11.8. The van der Waals surface area contributed by atoms with Crippen LogP contribution in [0, 0.1) is 6.92 Å². The molecule has 1 aromatic carbocycles. The predicted molar refractivity (Wildman–Crippen MR) is 90.8 cm³/mol. The molecular weight excluding hydrogens is 276 g/mol. The molecule has 0 bridgehead atoms. The van der Waals surface area contributed by atoms with Crippen LogP contribution < -0.4 is 5.73 Å². The van der Waals surface area contributed by atoms with Crippen LogP contribution in [-0.4, -0.2) is 22.2 Å². The second-order valence-corrected chi connectivity index (χ2v) is 6.15. The van der Waals surface area contributed by atoms with E-state index in [1.807, 2.05) is 6.07 Å². The topological polar surface area (TPSA) is 68.2 Å². The number of aryl methyl sites for hydroxylation is 2. The average molecular weight is 302 g/mol. The first-order valence-electron chi connectivity index (χ1n) is 8.01. The van der Waals surface area contributed by atoms with Crippen molar-refractivity contribution in [2.75, 3.05) is 6.54 Å². The molecule has 0 amide bonds. The number of hydrogen-bond donors (Lipinski definition) is 2. The normalized spacial score (nSPS) is 11.5. The van der Waals surface area contributed by atoms with Crippen LogP contribution in [0.3, 0.4) is 0 Å². The minimum Gasteiger partial charge on any atom is -0.478 e. The number of rotatable bonds is 6. The third-order valence-corrected chi connectivity index (χ3v) is 4.33. The molecule has 0 saturated heterocycles. The molecule has 0 atom stereocenters. The van der Waals surface area contributed by atoms with Gasteiger partial charge < -0.3 is 15.4 Å². The van der Waals surface area contributed by atoms with Gasteiger partial charge in [0.15, 0.2) is 0 Å². The summed E-state index contributed by atoms with van der Waals surface area (Å²) in [4.78, 5) is 11.8. The van der Waals surface area contributed by atoms with Crippen LogP contribution in [0.1, 0.15) is 60.3 Å². The zero-order valence-corrected chi connectivity index (χ0v) is 13.9. The van der Waals surface area contributed by atoms with E-state index in [9.17, 15) is 9.90 Å². The highest BCUT2D eigenvalue weighted by molar-refractivity contribution is 6.04. The molecule has 2 rings (SSSR count). The van der Waals surface area contributed by atoms with E-state index in [0.29, 0.717) is 18.0 Å². The number of carboxylic acid groups (broad SMARTS) is 1. The molecule has 0 unspecified atom stereocenters. The van der Waals surface area contributed by atoms with Gasteiger partial charge in [-0.1, -0.05) is 20.8 Å². The van der Waals surface area contributed by atoms with Gasteiger partial charge in [0.2, 0.25) is 0 Å². The summed E-state index contributed by atoms with van der Waals surface area (Å²) in [6, 6.07) is 3.97. The fraction of sp³-hybridized carbons (Fsp3) is 0.500. The van der Waals surface area contributed by atoms with Crippen molar-refractivity contribution in [1.29, 1.82) is 0 Å². The lowest BCUT2D eigenvalue weighted by molar-refractivity contribution is 0.0698. The van der Waals surface area contributed by atoms with E-state index < -0.39 is 5.97 Å². The highest BCUT2D eigenvalue weighted by Crippen LogP contribution is 2.35. The van der Waals surface area contributed by atoms with Gasteiger partial charge in [0.1, 0.15) is 0 Å². The van der Waals surface area contributed by atoms with Gasteiger partial charge >= 0.3 is 5.97 Å². The van der Waals surface area contributed by atoms with Crippen LogP contribution >= 0.6 is 0 Å². The van der Waals surface area contributed by atoms with Gasteiger partial charge in [-0.25, -0.2) is 4.79 Å². The Morgan fingerprint density at radius 2 is 2.05 bits per heavy atom. The lowest BCUT2D eigenvalue weighted by Crippen LogP contribution is -2.09. The number of nitrogens with two attached hydrogens (primary N) is 1. The van der Waals surface area contributed by atoms with Crippen molar-refractivity contribution in [3.63, 3.8) is 0 Å². The third-order valence-electron chi connectivity index (χ3n) is 4.33. The maximum absolute atomic E-state index is 11.8. The van der Waals surface area contributed by atoms with Crippen LogP contribution in [-0.2, 0) is 13.0 Å². The van der Waals surface area contributed by atoms with Crippen LogP contribution in [0.5, 0.6) is 0 Å². The van der Waals surface area contributed by atoms with E-state index in [-0.39, 0.29) is 0 Å². The summed E-state index contributed by atoms with van der Waals surface area (Å²) in [5.74, 6) is -0.502. The summed E-state index contributed by atoms with van der Waals surface area (Å²) in [6.45, 7) is 9.83. The summed E-state index contributed by atoms with van der Waals surface area (Å²) in [5.41, 5.74) is 10.4. The number of fused-ring (bicyclic) bond motifs is 1. The van der Waals surface area contributed by atoms with E-state index in [1.54, 1.807) is 0 Å². The Morgan fingerprint density at radius 1 is 1.36 bits per heavy atom. The van der Waals surface area contributed by atoms with Gasteiger partial charge in [-0.15, -0.1) is 0 Å². The summed E-state index contributed by atoms with van der Waals surface area (Å²) in [5, 5.41) is 10.7. The minimum atomic E-state index is -0.859. The van der Waals surface area contributed by atoms with Crippen molar-refractivity contribution in [2.24, 2.45) is 5.73 Å². The van der Waals surface area contributed by atoms with Crippen molar-refractivity contribution in [3.8, 4) is 0 Å². The Bertz CT molecular complexity index is 699. The van der Waals surface area contributed by atoms with Crippen molar-refractivity contribution >= 4 is 16.9 Å². The van der Waals surface area contributed by atoms with E-state index in [1.165, 1.54) is 5.56 Å². The van der Waals surface area contributed by atoms with E-state index in [4.69, 9.17) is 5.73 Å². The van der Waals surface area contributed by atoms with Crippen molar-refractivity contribution in [3.05, 3.63) is 34.5 Å². The second kappa shape index (κ2) is 6.53. The molecule has 0 saturated carbocycles. The van der Waals surface area contributed by atoms with Crippen molar-refractivity contribution in [1.82, 2.24) is 4.57 Å². The van der Waals surface area contributed by atoms with Gasteiger partial charge in [-0.05, 0) is 55.5 Å². The standard InChI is InChI=1S/C18H26N2O2/c1-5-13-9-14-16(11(2)3)12(4)20(8-6-7-19)17(14)15(10-13)18(21)22/h9-11H,5-8,19H2,1-4H3,(H,21,22). The lowest BCUT2D eigenvalue weighted by Gasteiger charge is -2.10. The molecule has 0 fully saturated rings. The number of carbonyl (C=O) groups is 1. The maximum Gasteiger partial charge on any atom is 0.337 e. The third kappa shape index (κ3) is 2.75. The lowest BCUT2D eigenvalue weighted by atomic mass is 9.96. The summed E-state index contributed by atoms with van der Waals surface area (Å²) in [6.07, 6.45) is 1.68. The fourth-order valence-electron chi connectivity index (χ4n) is 3.32. The zero-order chi connectivity index (χ0) is 16.4. The van der Waals surface area contributed by atoms with Gasteiger partial charge in [-0.3, -0.25) is 0 Å². The number of carboxylic acids is 1. The average Bonchev–Trinajstić information content (AvgIpc) is 2.75. The van der Waals surface area contributed by atoms with Crippen LogP contribution in [0.15, 0.2) is 12.1 Å². The molecule has 0 aliphatic rings. The molecule has 0 radical (unpaired) electrons. The molecule has 4 heteroatoms. The molecule has 1 aromatic heterocycles. The molecular formula is C18H26N2O2. The van der Waals surface area contributed by atoms with Gasteiger partial charge in [-0.2, -0.15) is 0 Å². The van der Waals surface area contributed by atoms with Crippen molar-refractivity contribution < 1.29 is 9.90 Å². The van der Waals surface area contributed by atoms with E-state index in [0.717, 1.165) is 41.5 Å². The number of nitrogens with zero attached hydrogens (tertiary/aromatic N) is 1. The van der Waals surface area contributed by atoms with Gasteiger partial charge in [0.05, 0.1) is 11.1 Å². The van der Waals surface area contributed by atoms with Crippen LogP contribution in [0.25, 0.3) is 10.9 Å². The minimum absolute atomic E-state index is 0.357. The Kier molecular flexibility index (Phi) is 4.91. The molecule has 0 aliphatic carbocycles. The number of aromatic carboxylic acids is 1. The monoisotopic (exact) mass is 302 g/mol. The summed E-state index contributed by atoms with van der Waals surface area (Å²) < 4.78 is 2.14. The number of aromatic nitrogens is 1. The highest BCUT2D eigenvalue weighted by Gasteiger charge is 2.22. The first-order chi connectivity index (χ1) is 10.4. The summed E-state index contributed by atoms with van der Waals surface area (Å²) >= 11 is 0. The fourth-order valence-corrected chi connectivity index (χ4v) is 3.32. The largest absolute Gasteiger partial charge is 0.478 e. The molecule has 2 aromatic rings.